The average molecular weight is 338 g/mol. The van der Waals surface area contributed by atoms with Crippen LogP contribution in [0, 0.1) is 0 Å². The molecule has 1 aromatic carbocycles. The Hall–Kier alpha value is -0.940. The van der Waals surface area contributed by atoms with Gasteiger partial charge in [0.2, 0.25) is 0 Å². The van der Waals surface area contributed by atoms with Crippen LogP contribution in [0.25, 0.3) is 0 Å². The second kappa shape index (κ2) is 8.95. The van der Waals surface area contributed by atoms with E-state index in [1.165, 1.54) is 0 Å². The first-order valence-electron chi connectivity index (χ1n) is 8.92. The van der Waals surface area contributed by atoms with Crippen LogP contribution in [0.4, 0.5) is 0 Å². The average Bonchev–Trinajstić information content (AvgIpc) is 2.57. The largest absolute Gasteiger partial charge is 0.233 e. The topological polar surface area (TPSA) is 36.9 Å². The minimum Gasteiger partial charge on any atom is -0.233 e. The van der Waals surface area contributed by atoms with E-state index < -0.39 is 11.2 Å². The summed E-state index contributed by atoms with van der Waals surface area (Å²) in [6, 6.07) is 8.18. The Labute approximate surface area is 147 Å². The van der Waals surface area contributed by atoms with Gasteiger partial charge in [0.15, 0.2) is 0 Å². The van der Waals surface area contributed by atoms with Crippen molar-refractivity contribution in [3.05, 3.63) is 35.4 Å². The lowest BCUT2D eigenvalue weighted by Gasteiger charge is -2.28. The Morgan fingerprint density at radius 2 is 1.00 bits per heavy atom. The van der Waals surface area contributed by atoms with E-state index in [4.69, 9.17) is 19.6 Å². The molecule has 0 aromatic heterocycles. The molecule has 4 nitrogen and oxygen atoms in total. The Balaban J connectivity index is 2.76. The minimum absolute atomic E-state index is 0.0774. The van der Waals surface area contributed by atoms with E-state index in [2.05, 4.69) is 13.8 Å². The molecule has 138 valence electrons. The fourth-order valence-electron chi connectivity index (χ4n) is 1.91. The lowest BCUT2D eigenvalue weighted by atomic mass is 9.92. The Bertz CT molecular complexity index is 434. The van der Waals surface area contributed by atoms with Crippen molar-refractivity contribution in [2.24, 2.45) is 0 Å². The molecule has 24 heavy (non-hydrogen) atoms. The Morgan fingerprint density at radius 3 is 1.25 bits per heavy atom. The van der Waals surface area contributed by atoms with Crippen LogP contribution in [0.1, 0.15) is 79.4 Å². The van der Waals surface area contributed by atoms with Crippen LogP contribution in [0.2, 0.25) is 0 Å². The smallest absolute Gasteiger partial charge is 0.123 e. The van der Waals surface area contributed by atoms with Crippen molar-refractivity contribution >= 4 is 0 Å². The van der Waals surface area contributed by atoms with Crippen molar-refractivity contribution < 1.29 is 19.6 Å². The third kappa shape index (κ3) is 6.17. The summed E-state index contributed by atoms with van der Waals surface area (Å²) in [7, 11) is 0. The fourth-order valence-corrected chi connectivity index (χ4v) is 1.91. The summed E-state index contributed by atoms with van der Waals surface area (Å²) in [5.74, 6) is 0. The Kier molecular flexibility index (Phi) is 7.87. The highest BCUT2D eigenvalue weighted by Crippen LogP contribution is 2.30. The zero-order chi connectivity index (χ0) is 18.4. The summed E-state index contributed by atoms with van der Waals surface area (Å²) >= 11 is 0. The standard InChI is InChI=1S/C20H34O4/c1-9-15(3)21-23-19(5,6)17-11-13-18(14-12-17)20(7,8)24-22-16(4)10-2/h11-16H,9-10H2,1-8H3. The minimum atomic E-state index is -0.514. The maximum absolute atomic E-state index is 5.63. The van der Waals surface area contributed by atoms with Crippen molar-refractivity contribution in [3.8, 4) is 0 Å². The van der Waals surface area contributed by atoms with Gasteiger partial charge >= 0.3 is 0 Å². The van der Waals surface area contributed by atoms with Crippen LogP contribution >= 0.6 is 0 Å². The number of hydrogen-bond acceptors (Lipinski definition) is 4. The molecule has 0 aliphatic heterocycles. The second-order valence-corrected chi connectivity index (χ2v) is 7.39. The quantitative estimate of drug-likeness (QED) is 0.408. The summed E-state index contributed by atoms with van der Waals surface area (Å²) in [4.78, 5) is 22.1. The van der Waals surface area contributed by atoms with E-state index in [0.29, 0.717) is 0 Å². The first-order valence-corrected chi connectivity index (χ1v) is 8.92. The van der Waals surface area contributed by atoms with Crippen LogP contribution in [0.15, 0.2) is 24.3 Å². The molecule has 2 atom stereocenters. The molecule has 1 rings (SSSR count). The van der Waals surface area contributed by atoms with Gasteiger partial charge in [0.05, 0.1) is 12.2 Å². The molecule has 0 saturated heterocycles. The zero-order valence-electron chi connectivity index (χ0n) is 16.5. The maximum atomic E-state index is 5.63. The van der Waals surface area contributed by atoms with Gasteiger partial charge in [-0.3, -0.25) is 0 Å². The predicted molar refractivity (Wildman–Crippen MR) is 96.3 cm³/mol. The van der Waals surface area contributed by atoms with Crippen LogP contribution in [0.5, 0.6) is 0 Å². The molecule has 0 fully saturated rings. The third-order valence-corrected chi connectivity index (χ3v) is 4.27. The van der Waals surface area contributed by atoms with Gasteiger partial charge in [0, 0.05) is 0 Å². The molecule has 0 amide bonds. The number of rotatable bonds is 10. The first-order chi connectivity index (χ1) is 11.1. The van der Waals surface area contributed by atoms with E-state index in [0.717, 1.165) is 24.0 Å². The van der Waals surface area contributed by atoms with E-state index in [-0.39, 0.29) is 12.2 Å². The molecule has 1 aromatic rings. The molecule has 0 heterocycles. The van der Waals surface area contributed by atoms with Crippen LogP contribution in [-0.2, 0) is 30.8 Å². The van der Waals surface area contributed by atoms with Crippen LogP contribution < -0.4 is 0 Å². The summed E-state index contributed by atoms with van der Waals surface area (Å²) < 4.78 is 0. The van der Waals surface area contributed by atoms with Crippen molar-refractivity contribution in [3.63, 3.8) is 0 Å². The van der Waals surface area contributed by atoms with E-state index in [9.17, 15) is 0 Å². The molecular weight excluding hydrogens is 304 g/mol. The Morgan fingerprint density at radius 1 is 0.708 bits per heavy atom. The molecule has 0 N–H and O–H groups in total. The monoisotopic (exact) mass is 338 g/mol. The van der Waals surface area contributed by atoms with Gasteiger partial charge in [0.25, 0.3) is 0 Å². The lowest BCUT2D eigenvalue weighted by molar-refractivity contribution is -0.380. The molecule has 4 heteroatoms. The maximum Gasteiger partial charge on any atom is 0.123 e. The van der Waals surface area contributed by atoms with Gasteiger partial charge in [-0.15, -0.1) is 0 Å². The van der Waals surface area contributed by atoms with Gasteiger partial charge in [-0.1, -0.05) is 38.1 Å². The highest BCUT2D eigenvalue weighted by atomic mass is 17.2. The highest BCUT2D eigenvalue weighted by Gasteiger charge is 2.27. The van der Waals surface area contributed by atoms with E-state index in [1.807, 2.05) is 65.8 Å². The molecular formula is C20H34O4. The zero-order valence-corrected chi connectivity index (χ0v) is 16.5. The molecule has 0 bridgehead atoms. The normalized spacial score (nSPS) is 15.3. The van der Waals surface area contributed by atoms with Crippen molar-refractivity contribution in [1.29, 1.82) is 0 Å². The molecule has 0 aliphatic rings. The summed E-state index contributed by atoms with van der Waals surface area (Å²) in [6.45, 7) is 16.1. The summed E-state index contributed by atoms with van der Waals surface area (Å²) in [6.07, 6.45) is 1.98. The van der Waals surface area contributed by atoms with Gasteiger partial charge in [0.1, 0.15) is 11.2 Å². The molecule has 0 saturated carbocycles. The molecule has 0 spiro atoms. The van der Waals surface area contributed by atoms with E-state index >= 15 is 0 Å². The number of hydrogen-bond donors (Lipinski definition) is 0. The van der Waals surface area contributed by atoms with Crippen molar-refractivity contribution in [2.75, 3.05) is 0 Å². The van der Waals surface area contributed by atoms with Gasteiger partial charge in [-0.2, -0.15) is 0 Å². The van der Waals surface area contributed by atoms with Crippen molar-refractivity contribution in [2.45, 2.75) is 91.6 Å². The van der Waals surface area contributed by atoms with Crippen LogP contribution in [0.3, 0.4) is 0 Å². The van der Waals surface area contributed by atoms with Crippen molar-refractivity contribution in [1.82, 2.24) is 0 Å². The molecule has 2 unspecified atom stereocenters. The summed E-state index contributed by atoms with van der Waals surface area (Å²) in [5, 5.41) is 0. The first kappa shape index (κ1) is 21.1. The molecule has 0 radical (unpaired) electrons. The second-order valence-electron chi connectivity index (χ2n) is 7.39. The van der Waals surface area contributed by atoms with Gasteiger partial charge < -0.3 is 0 Å². The van der Waals surface area contributed by atoms with E-state index in [1.54, 1.807) is 0 Å². The lowest BCUT2D eigenvalue weighted by Crippen LogP contribution is -2.26. The van der Waals surface area contributed by atoms with Gasteiger partial charge in [-0.25, -0.2) is 19.6 Å². The fraction of sp³-hybridized carbons (Fsp3) is 0.700. The third-order valence-electron chi connectivity index (χ3n) is 4.27. The van der Waals surface area contributed by atoms with Gasteiger partial charge in [-0.05, 0) is 65.5 Å². The highest BCUT2D eigenvalue weighted by molar-refractivity contribution is 5.29. The van der Waals surface area contributed by atoms with Crippen LogP contribution in [-0.4, -0.2) is 12.2 Å². The summed E-state index contributed by atoms with van der Waals surface area (Å²) in [5.41, 5.74) is 1.07. The molecule has 0 aliphatic carbocycles. The SMILES string of the molecule is CCC(C)OOC(C)(C)c1ccc(C(C)(C)OOC(C)CC)cc1. The number of benzene rings is 1. The predicted octanol–water partition coefficient (Wildman–Crippen LogP) is 5.65.